The molecule has 1 fully saturated rings. The Bertz CT molecular complexity index is 369. The summed E-state index contributed by atoms with van der Waals surface area (Å²) in [5.74, 6) is 0. The fourth-order valence-corrected chi connectivity index (χ4v) is 2.48. The number of benzene rings is 1. The molecule has 2 rings (SSSR count). The van der Waals surface area contributed by atoms with E-state index in [9.17, 15) is 0 Å². The van der Waals surface area contributed by atoms with Crippen LogP contribution in [0.1, 0.15) is 19.4 Å². The van der Waals surface area contributed by atoms with Crippen LogP contribution in [0.2, 0.25) is 0 Å². The van der Waals surface area contributed by atoms with E-state index in [2.05, 4.69) is 53.4 Å². The molecule has 0 amide bonds. The number of rotatable bonds is 5. The highest BCUT2D eigenvalue weighted by atomic mass is 16.6. The van der Waals surface area contributed by atoms with Gasteiger partial charge in [-0.15, -0.1) is 0 Å². The second-order valence-corrected chi connectivity index (χ2v) is 5.31. The van der Waals surface area contributed by atoms with Crippen molar-refractivity contribution in [1.29, 1.82) is 0 Å². The van der Waals surface area contributed by atoms with Crippen molar-refractivity contribution in [3.05, 3.63) is 29.8 Å². The van der Waals surface area contributed by atoms with Crippen LogP contribution >= 0.6 is 0 Å². The summed E-state index contributed by atoms with van der Waals surface area (Å²) in [5, 5.41) is 0. The zero-order chi connectivity index (χ0) is 13.7. The summed E-state index contributed by atoms with van der Waals surface area (Å²) in [6, 6.07) is 9.39. The molecule has 1 aromatic carbocycles. The fourth-order valence-electron chi connectivity index (χ4n) is 2.48. The summed E-state index contributed by atoms with van der Waals surface area (Å²) in [7, 11) is 1.64. The predicted octanol–water partition coefficient (Wildman–Crippen LogP) is 1.87. The van der Waals surface area contributed by atoms with Gasteiger partial charge in [-0.05, 0) is 31.5 Å². The van der Waals surface area contributed by atoms with Gasteiger partial charge in [0.25, 0.3) is 0 Å². The smallest absolute Gasteiger partial charge is 0.0572 e. The molecule has 0 atom stereocenters. The number of hydroxylamine groups is 1. The lowest BCUT2D eigenvalue weighted by molar-refractivity contribution is 0.0867. The van der Waals surface area contributed by atoms with Gasteiger partial charge in [0.1, 0.15) is 0 Å². The lowest BCUT2D eigenvalue weighted by Crippen LogP contribution is -2.48. The molecule has 1 aliphatic rings. The molecule has 19 heavy (non-hydrogen) atoms. The van der Waals surface area contributed by atoms with Crippen LogP contribution < -0.4 is 10.4 Å². The summed E-state index contributed by atoms with van der Waals surface area (Å²) < 4.78 is 0. The van der Waals surface area contributed by atoms with E-state index < -0.39 is 0 Å². The predicted molar refractivity (Wildman–Crippen MR) is 79.2 cm³/mol. The van der Waals surface area contributed by atoms with Crippen molar-refractivity contribution in [1.82, 2.24) is 10.4 Å². The molecule has 0 saturated carbocycles. The molecule has 1 saturated heterocycles. The summed E-state index contributed by atoms with van der Waals surface area (Å²) in [6.07, 6.45) is 0. The number of piperazine rings is 1. The first-order valence-electron chi connectivity index (χ1n) is 7.04. The topological polar surface area (TPSA) is 27.7 Å². The number of nitrogens with zero attached hydrogens (tertiary/aromatic N) is 2. The summed E-state index contributed by atoms with van der Waals surface area (Å²) in [5.41, 5.74) is 5.43. The fraction of sp³-hybridized carbons (Fsp3) is 0.600. The largest absolute Gasteiger partial charge is 0.369 e. The van der Waals surface area contributed by atoms with Crippen LogP contribution in [0, 0.1) is 0 Å². The van der Waals surface area contributed by atoms with Crippen LogP contribution in [-0.2, 0) is 11.4 Å². The lowest BCUT2D eigenvalue weighted by Gasteiger charge is -2.38. The number of hydrogen-bond acceptors (Lipinski definition) is 4. The monoisotopic (exact) mass is 263 g/mol. The van der Waals surface area contributed by atoms with Crippen LogP contribution in [0.25, 0.3) is 0 Å². The summed E-state index contributed by atoms with van der Waals surface area (Å²) in [6.45, 7) is 9.84. The Morgan fingerprint density at radius 1 is 1.11 bits per heavy atom. The average Bonchev–Trinajstić information content (AvgIpc) is 2.46. The Morgan fingerprint density at radius 3 is 2.26 bits per heavy atom. The van der Waals surface area contributed by atoms with Crippen LogP contribution in [0.3, 0.4) is 0 Å². The molecule has 106 valence electrons. The van der Waals surface area contributed by atoms with Gasteiger partial charge in [0, 0.05) is 44.5 Å². The highest BCUT2D eigenvalue weighted by Crippen LogP contribution is 2.18. The molecule has 0 radical (unpaired) electrons. The molecule has 0 spiro atoms. The molecule has 0 aromatic heterocycles. The normalized spacial score (nSPS) is 17.2. The van der Waals surface area contributed by atoms with Crippen molar-refractivity contribution in [2.45, 2.75) is 26.4 Å². The van der Waals surface area contributed by atoms with E-state index in [0.717, 1.165) is 32.7 Å². The van der Waals surface area contributed by atoms with Gasteiger partial charge in [0.05, 0.1) is 7.11 Å². The minimum atomic E-state index is 0.657. The zero-order valence-electron chi connectivity index (χ0n) is 12.2. The van der Waals surface area contributed by atoms with Crippen molar-refractivity contribution in [3.63, 3.8) is 0 Å². The second-order valence-electron chi connectivity index (χ2n) is 5.31. The first-order valence-corrected chi connectivity index (χ1v) is 7.04. The lowest BCUT2D eigenvalue weighted by atomic mass is 10.1. The molecule has 1 aliphatic heterocycles. The molecule has 0 aliphatic carbocycles. The van der Waals surface area contributed by atoms with Crippen LogP contribution in [0.4, 0.5) is 5.69 Å². The number of hydrogen-bond donors (Lipinski definition) is 1. The molecule has 0 unspecified atom stereocenters. The maximum Gasteiger partial charge on any atom is 0.0572 e. The molecule has 4 heteroatoms. The Morgan fingerprint density at radius 2 is 1.74 bits per heavy atom. The molecule has 1 heterocycles. The van der Waals surface area contributed by atoms with E-state index in [1.165, 1.54) is 11.3 Å². The minimum Gasteiger partial charge on any atom is -0.369 e. The molecular weight excluding hydrogens is 238 g/mol. The average molecular weight is 263 g/mol. The Kier molecular flexibility index (Phi) is 5.19. The van der Waals surface area contributed by atoms with Gasteiger partial charge in [-0.2, -0.15) is 5.48 Å². The third-order valence-electron chi connectivity index (χ3n) is 3.77. The van der Waals surface area contributed by atoms with Gasteiger partial charge in [-0.1, -0.05) is 12.1 Å². The first-order chi connectivity index (χ1) is 9.20. The van der Waals surface area contributed by atoms with E-state index in [-0.39, 0.29) is 0 Å². The standard InChI is InChI=1S/C15H25N3O/c1-13(2)17-8-10-18(11-9-17)15-6-4-14(5-7-15)12-16-19-3/h4-7,13,16H,8-12H2,1-3H3. The summed E-state index contributed by atoms with van der Waals surface area (Å²) in [4.78, 5) is 9.86. The van der Waals surface area contributed by atoms with Gasteiger partial charge in [-0.3, -0.25) is 4.90 Å². The van der Waals surface area contributed by atoms with Gasteiger partial charge >= 0.3 is 0 Å². The minimum absolute atomic E-state index is 0.657. The molecule has 1 N–H and O–H groups in total. The molecule has 0 bridgehead atoms. The highest BCUT2D eigenvalue weighted by Gasteiger charge is 2.18. The third kappa shape index (κ3) is 3.93. The number of anilines is 1. The second kappa shape index (κ2) is 6.89. The van der Waals surface area contributed by atoms with Crippen molar-refractivity contribution in [2.24, 2.45) is 0 Å². The van der Waals surface area contributed by atoms with Crippen LogP contribution in [0.5, 0.6) is 0 Å². The zero-order valence-corrected chi connectivity index (χ0v) is 12.2. The third-order valence-corrected chi connectivity index (χ3v) is 3.77. The molecule has 4 nitrogen and oxygen atoms in total. The maximum absolute atomic E-state index is 4.86. The van der Waals surface area contributed by atoms with Gasteiger partial charge in [-0.25, -0.2) is 0 Å². The van der Waals surface area contributed by atoms with E-state index in [0.29, 0.717) is 6.04 Å². The Labute approximate surface area is 116 Å². The number of nitrogens with one attached hydrogen (secondary N) is 1. The SMILES string of the molecule is CONCc1ccc(N2CCN(C(C)C)CC2)cc1. The molecular formula is C15H25N3O. The van der Waals surface area contributed by atoms with Gasteiger partial charge in [0.15, 0.2) is 0 Å². The Hall–Kier alpha value is -1.10. The quantitative estimate of drug-likeness (QED) is 0.821. The van der Waals surface area contributed by atoms with Crippen molar-refractivity contribution in [2.75, 3.05) is 38.2 Å². The highest BCUT2D eigenvalue weighted by molar-refractivity contribution is 5.48. The van der Waals surface area contributed by atoms with Crippen molar-refractivity contribution < 1.29 is 4.84 Å². The van der Waals surface area contributed by atoms with Gasteiger partial charge in [0.2, 0.25) is 0 Å². The maximum atomic E-state index is 4.86. The van der Waals surface area contributed by atoms with E-state index in [1.807, 2.05) is 0 Å². The van der Waals surface area contributed by atoms with Crippen molar-refractivity contribution in [3.8, 4) is 0 Å². The Balaban J connectivity index is 1.89. The van der Waals surface area contributed by atoms with Crippen LogP contribution in [0.15, 0.2) is 24.3 Å². The van der Waals surface area contributed by atoms with E-state index >= 15 is 0 Å². The first kappa shape index (κ1) is 14.3. The van der Waals surface area contributed by atoms with Crippen LogP contribution in [-0.4, -0.2) is 44.2 Å². The van der Waals surface area contributed by atoms with E-state index in [1.54, 1.807) is 7.11 Å². The summed E-state index contributed by atoms with van der Waals surface area (Å²) >= 11 is 0. The van der Waals surface area contributed by atoms with E-state index in [4.69, 9.17) is 4.84 Å². The van der Waals surface area contributed by atoms with Crippen molar-refractivity contribution >= 4 is 5.69 Å². The molecule has 1 aromatic rings. The van der Waals surface area contributed by atoms with Gasteiger partial charge < -0.3 is 9.74 Å².